The molecule has 0 aliphatic rings. The number of benzene rings is 1. The fourth-order valence-electron chi connectivity index (χ4n) is 2.41. The molecule has 0 aliphatic heterocycles. The lowest BCUT2D eigenvalue weighted by molar-refractivity contribution is 0.455. The lowest BCUT2D eigenvalue weighted by Gasteiger charge is -2.21. The van der Waals surface area contributed by atoms with Crippen LogP contribution in [0.5, 0.6) is 0 Å². The minimum atomic E-state index is -0.0311. The number of hydrogen-bond donors (Lipinski definition) is 1. The van der Waals surface area contributed by atoms with Crippen molar-refractivity contribution in [2.75, 3.05) is 5.73 Å². The number of imidazole rings is 1. The first-order valence-electron chi connectivity index (χ1n) is 7.32. The lowest BCUT2D eigenvalue weighted by atomic mass is 9.95. The fraction of sp³-hybridized carbons (Fsp3) is 0.471. The van der Waals surface area contributed by atoms with Crippen LogP contribution in [0.4, 0.5) is 5.82 Å². The summed E-state index contributed by atoms with van der Waals surface area (Å²) in [5, 5.41) is 0. The van der Waals surface area contributed by atoms with Crippen LogP contribution >= 0.6 is 15.9 Å². The Bertz CT molecular complexity index is 619. The van der Waals surface area contributed by atoms with Gasteiger partial charge in [-0.2, -0.15) is 0 Å². The third-order valence-electron chi connectivity index (χ3n) is 3.34. The topological polar surface area (TPSA) is 43.8 Å². The normalized spacial score (nSPS) is 12.1. The van der Waals surface area contributed by atoms with Gasteiger partial charge in [0.1, 0.15) is 17.3 Å². The van der Waals surface area contributed by atoms with E-state index in [9.17, 15) is 0 Å². The van der Waals surface area contributed by atoms with E-state index in [2.05, 4.69) is 67.2 Å². The summed E-state index contributed by atoms with van der Waals surface area (Å²) in [6.45, 7) is 11.8. The van der Waals surface area contributed by atoms with Gasteiger partial charge in [-0.15, -0.1) is 0 Å². The van der Waals surface area contributed by atoms with Crippen molar-refractivity contribution in [3.63, 3.8) is 0 Å². The number of nitrogens with zero attached hydrogens (tertiary/aromatic N) is 2. The predicted molar refractivity (Wildman–Crippen MR) is 93.3 cm³/mol. The zero-order chi connectivity index (χ0) is 15.8. The van der Waals surface area contributed by atoms with Gasteiger partial charge in [0, 0.05) is 22.0 Å². The van der Waals surface area contributed by atoms with Crippen molar-refractivity contribution in [1.29, 1.82) is 0 Å². The van der Waals surface area contributed by atoms with Crippen LogP contribution in [0.3, 0.4) is 0 Å². The monoisotopic (exact) mass is 349 g/mol. The predicted octanol–water partition coefficient (Wildman–Crippen LogP) is 4.85. The van der Waals surface area contributed by atoms with E-state index < -0.39 is 0 Å². The summed E-state index contributed by atoms with van der Waals surface area (Å²) in [4.78, 5) is 4.86. The van der Waals surface area contributed by atoms with Crippen molar-refractivity contribution in [2.24, 2.45) is 5.92 Å². The molecule has 0 saturated heterocycles. The third kappa shape index (κ3) is 3.49. The second-order valence-electron chi connectivity index (χ2n) is 6.93. The summed E-state index contributed by atoms with van der Waals surface area (Å²) in [6.07, 6.45) is 0. The van der Waals surface area contributed by atoms with E-state index in [0.29, 0.717) is 5.92 Å². The number of halogens is 1. The van der Waals surface area contributed by atoms with Gasteiger partial charge < -0.3 is 10.3 Å². The molecule has 1 heterocycles. The average molecular weight is 350 g/mol. The summed E-state index contributed by atoms with van der Waals surface area (Å²) in [5.41, 5.74) is 8.32. The standard InChI is InChI=1S/C17H24BrN3/c1-11(2)10-21-15(19)14(20-16(21)17(3,4)5)12-6-8-13(18)9-7-12/h6-9,11H,10,19H2,1-5H3. The molecule has 0 atom stereocenters. The number of nitrogens with two attached hydrogens (primary N) is 1. The molecule has 2 aromatic rings. The molecule has 2 N–H and O–H groups in total. The minimum Gasteiger partial charge on any atom is -0.383 e. The Kier molecular flexibility index (Phi) is 4.47. The molecule has 0 unspecified atom stereocenters. The van der Waals surface area contributed by atoms with Crippen molar-refractivity contribution in [2.45, 2.75) is 46.6 Å². The first-order valence-corrected chi connectivity index (χ1v) is 8.12. The smallest absolute Gasteiger partial charge is 0.131 e. The van der Waals surface area contributed by atoms with Gasteiger partial charge in [0.15, 0.2) is 0 Å². The summed E-state index contributed by atoms with van der Waals surface area (Å²) < 4.78 is 3.23. The number of hydrogen-bond acceptors (Lipinski definition) is 2. The molecule has 0 aliphatic carbocycles. The molecule has 0 bridgehead atoms. The summed E-state index contributed by atoms with van der Waals surface area (Å²) in [7, 11) is 0. The summed E-state index contributed by atoms with van der Waals surface area (Å²) >= 11 is 3.46. The van der Waals surface area contributed by atoms with E-state index in [0.717, 1.165) is 33.9 Å². The highest BCUT2D eigenvalue weighted by atomic mass is 79.9. The molecule has 1 aromatic carbocycles. The van der Waals surface area contributed by atoms with Crippen molar-refractivity contribution in [3.8, 4) is 11.3 Å². The van der Waals surface area contributed by atoms with E-state index in [4.69, 9.17) is 10.7 Å². The van der Waals surface area contributed by atoms with Crippen LogP contribution in [0, 0.1) is 5.92 Å². The zero-order valence-corrected chi connectivity index (χ0v) is 15.0. The maximum atomic E-state index is 6.41. The largest absolute Gasteiger partial charge is 0.383 e. The van der Waals surface area contributed by atoms with Crippen molar-refractivity contribution in [1.82, 2.24) is 9.55 Å². The van der Waals surface area contributed by atoms with E-state index in [1.165, 1.54) is 0 Å². The number of anilines is 1. The van der Waals surface area contributed by atoms with Crippen molar-refractivity contribution < 1.29 is 0 Å². The first-order chi connectivity index (χ1) is 9.70. The molecule has 114 valence electrons. The molecule has 21 heavy (non-hydrogen) atoms. The molecular formula is C17H24BrN3. The molecule has 1 aromatic heterocycles. The quantitative estimate of drug-likeness (QED) is 0.860. The zero-order valence-electron chi connectivity index (χ0n) is 13.4. The highest BCUT2D eigenvalue weighted by Crippen LogP contribution is 2.33. The van der Waals surface area contributed by atoms with Crippen LogP contribution < -0.4 is 5.73 Å². The molecule has 0 radical (unpaired) electrons. The Morgan fingerprint density at radius 2 is 1.76 bits per heavy atom. The second-order valence-corrected chi connectivity index (χ2v) is 7.85. The van der Waals surface area contributed by atoms with Crippen LogP contribution in [0.25, 0.3) is 11.3 Å². The molecule has 0 saturated carbocycles. The fourth-order valence-corrected chi connectivity index (χ4v) is 2.67. The molecule has 0 fully saturated rings. The summed E-state index contributed by atoms with van der Waals surface area (Å²) in [5.74, 6) is 2.34. The van der Waals surface area contributed by atoms with E-state index in [1.807, 2.05) is 12.1 Å². The molecule has 3 nitrogen and oxygen atoms in total. The van der Waals surface area contributed by atoms with Crippen LogP contribution in [-0.2, 0) is 12.0 Å². The molecule has 0 spiro atoms. The van der Waals surface area contributed by atoms with Gasteiger partial charge in [-0.25, -0.2) is 4.98 Å². The van der Waals surface area contributed by atoms with Crippen molar-refractivity contribution in [3.05, 3.63) is 34.6 Å². The van der Waals surface area contributed by atoms with Gasteiger partial charge >= 0.3 is 0 Å². The Balaban J connectivity index is 2.58. The van der Waals surface area contributed by atoms with Gasteiger partial charge in [0.05, 0.1) is 0 Å². The molecular weight excluding hydrogens is 326 g/mol. The first kappa shape index (κ1) is 16.1. The van der Waals surface area contributed by atoms with Gasteiger partial charge in [-0.05, 0) is 18.1 Å². The van der Waals surface area contributed by atoms with Gasteiger partial charge in [0.2, 0.25) is 0 Å². The van der Waals surface area contributed by atoms with Crippen molar-refractivity contribution >= 4 is 21.7 Å². The van der Waals surface area contributed by atoms with Crippen LogP contribution in [-0.4, -0.2) is 9.55 Å². The molecule has 2 rings (SSSR count). The minimum absolute atomic E-state index is 0.0311. The van der Waals surface area contributed by atoms with E-state index >= 15 is 0 Å². The number of aromatic nitrogens is 2. The lowest BCUT2D eigenvalue weighted by Crippen LogP contribution is -2.21. The molecule has 4 heteroatoms. The van der Waals surface area contributed by atoms with E-state index in [-0.39, 0.29) is 5.41 Å². The number of rotatable bonds is 3. The van der Waals surface area contributed by atoms with Crippen LogP contribution in [0.15, 0.2) is 28.7 Å². The molecule has 0 amide bonds. The van der Waals surface area contributed by atoms with Crippen LogP contribution in [0.1, 0.15) is 40.4 Å². The van der Waals surface area contributed by atoms with Gasteiger partial charge in [-0.1, -0.05) is 62.7 Å². The SMILES string of the molecule is CC(C)Cn1c(C(C)(C)C)nc(-c2ccc(Br)cc2)c1N. The average Bonchev–Trinajstić information content (AvgIpc) is 2.68. The highest BCUT2D eigenvalue weighted by Gasteiger charge is 2.25. The summed E-state index contributed by atoms with van der Waals surface area (Å²) in [6, 6.07) is 8.14. The van der Waals surface area contributed by atoms with Crippen LogP contribution in [0.2, 0.25) is 0 Å². The second kappa shape index (κ2) is 5.84. The Labute approximate surface area is 135 Å². The maximum Gasteiger partial charge on any atom is 0.131 e. The third-order valence-corrected chi connectivity index (χ3v) is 3.87. The highest BCUT2D eigenvalue weighted by molar-refractivity contribution is 9.10. The van der Waals surface area contributed by atoms with Gasteiger partial charge in [-0.3, -0.25) is 0 Å². The number of nitrogen functional groups attached to an aromatic ring is 1. The maximum absolute atomic E-state index is 6.41. The van der Waals surface area contributed by atoms with Gasteiger partial charge in [0.25, 0.3) is 0 Å². The Hall–Kier alpha value is -1.29. The van der Waals surface area contributed by atoms with E-state index in [1.54, 1.807) is 0 Å². The Morgan fingerprint density at radius 1 is 1.19 bits per heavy atom. The Morgan fingerprint density at radius 3 is 2.24 bits per heavy atom.